The molecule has 0 radical (unpaired) electrons. The fourth-order valence-corrected chi connectivity index (χ4v) is 2.69. The first-order valence-corrected chi connectivity index (χ1v) is 8.08. The molecule has 106 valence electrons. The molecule has 4 nitrogen and oxygen atoms in total. The molecule has 1 aromatic carbocycles. The summed E-state index contributed by atoms with van der Waals surface area (Å²) >= 11 is 1.73. The molecule has 1 N–H and O–H groups in total. The van der Waals surface area contributed by atoms with Crippen molar-refractivity contribution in [3.05, 3.63) is 41.5 Å². The Balaban J connectivity index is 1.51. The third-order valence-corrected chi connectivity index (χ3v) is 4.29. The van der Waals surface area contributed by atoms with E-state index in [1.807, 2.05) is 0 Å². The van der Waals surface area contributed by atoms with E-state index in [1.165, 1.54) is 23.3 Å². The van der Waals surface area contributed by atoms with Gasteiger partial charge in [-0.1, -0.05) is 24.2 Å². The van der Waals surface area contributed by atoms with Crippen molar-refractivity contribution in [2.75, 3.05) is 6.54 Å². The average Bonchev–Trinajstić information content (AvgIpc) is 3.23. The number of benzene rings is 1. The van der Waals surface area contributed by atoms with Gasteiger partial charge < -0.3 is 9.84 Å². The second-order valence-electron chi connectivity index (χ2n) is 5.03. The maximum atomic E-state index is 5.27. The third-order valence-electron chi connectivity index (χ3n) is 3.29. The van der Waals surface area contributed by atoms with Crippen LogP contribution in [0.15, 0.2) is 33.7 Å². The summed E-state index contributed by atoms with van der Waals surface area (Å²) in [5, 5.41) is 7.35. The summed E-state index contributed by atoms with van der Waals surface area (Å²) < 4.78 is 5.27. The molecule has 0 saturated heterocycles. The molecule has 1 fully saturated rings. The molecule has 1 heterocycles. The molecule has 0 bridgehead atoms. The van der Waals surface area contributed by atoms with Crippen molar-refractivity contribution in [2.45, 2.75) is 42.9 Å². The smallest absolute Gasteiger partial charge is 0.237 e. The first kappa shape index (κ1) is 13.6. The van der Waals surface area contributed by atoms with E-state index >= 15 is 0 Å². The first-order chi connectivity index (χ1) is 9.85. The molecule has 20 heavy (non-hydrogen) atoms. The van der Waals surface area contributed by atoms with Crippen LogP contribution in [0.1, 0.15) is 43.0 Å². The number of nitrogens with one attached hydrogen (secondary N) is 1. The second kappa shape index (κ2) is 6.41. The van der Waals surface area contributed by atoms with E-state index in [4.69, 9.17) is 4.52 Å². The van der Waals surface area contributed by atoms with Gasteiger partial charge in [-0.2, -0.15) is 4.98 Å². The van der Waals surface area contributed by atoms with Crippen LogP contribution in [0, 0.1) is 0 Å². The molecule has 0 spiro atoms. The Morgan fingerprint density at radius 1 is 1.30 bits per heavy atom. The van der Waals surface area contributed by atoms with Crippen molar-refractivity contribution in [3.8, 4) is 0 Å². The summed E-state index contributed by atoms with van der Waals surface area (Å²) in [6.07, 6.45) is 2.42. The summed E-state index contributed by atoms with van der Waals surface area (Å²) in [4.78, 5) is 5.67. The van der Waals surface area contributed by atoms with Crippen LogP contribution in [0.25, 0.3) is 0 Å². The number of nitrogens with zero attached hydrogens (tertiary/aromatic N) is 2. The van der Waals surface area contributed by atoms with Gasteiger partial charge in [-0.3, -0.25) is 0 Å². The Morgan fingerprint density at radius 3 is 2.80 bits per heavy atom. The predicted molar refractivity (Wildman–Crippen MR) is 79.7 cm³/mol. The van der Waals surface area contributed by atoms with Gasteiger partial charge in [-0.15, -0.1) is 11.8 Å². The van der Waals surface area contributed by atoms with Crippen LogP contribution in [-0.2, 0) is 12.3 Å². The van der Waals surface area contributed by atoms with Gasteiger partial charge in [0.1, 0.15) is 0 Å². The van der Waals surface area contributed by atoms with Gasteiger partial charge in [0.15, 0.2) is 5.82 Å². The van der Waals surface area contributed by atoms with Gasteiger partial charge in [-0.25, -0.2) is 0 Å². The molecule has 1 aromatic heterocycles. The zero-order valence-corrected chi connectivity index (χ0v) is 12.4. The molecule has 5 heteroatoms. The van der Waals surface area contributed by atoms with Gasteiger partial charge in [0.05, 0.1) is 5.75 Å². The maximum absolute atomic E-state index is 5.27. The van der Waals surface area contributed by atoms with E-state index < -0.39 is 0 Å². The predicted octanol–water partition coefficient (Wildman–Crippen LogP) is 3.35. The van der Waals surface area contributed by atoms with Crippen molar-refractivity contribution in [2.24, 2.45) is 0 Å². The van der Waals surface area contributed by atoms with E-state index in [9.17, 15) is 0 Å². The lowest BCUT2D eigenvalue weighted by molar-refractivity contribution is 0.385. The lowest BCUT2D eigenvalue weighted by Crippen LogP contribution is -2.11. The van der Waals surface area contributed by atoms with Crippen molar-refractivity contribution >= 4 is 11.8 Å². The van der Waals surface area contributed by atoms with E-state index in [0.29, 0.717) is 5.92 Å². The minimum atomic E-state index is 0.558. The molecular weight excluding hydrogens is 270 g/mol. The first-order valence-electron chi connectivity index (χ1n) is 7.10. The minimum absolute atomic E-state index is 0.558. The molecule has 2 aromatic rings. The summed E-state index contributed by atoms with van der Waals surface area (Å²) in [5.41, 5.74) is 1.31. The molecule has 3 rings (SSSR count). The highest BCUT2D eigenvalue weighted by Crippen LogP contribution is 2.38. The number of aromatic nitrogens is 2. The second-order valence-corrected chi connectivity index (χ2v) is 6.08. The number of hydrogen-bond acceptors (Lipinski definition) is 5. The van der Waals surface area contributed by atoms with Gasteiger partial charge in [0.2, 0.25) is 5.89 Å². The summed E-state index contributed by atoms with van der Waals surface area (Å²) in [5.74, 6) is 2.92. The zero-order valence-electron chi connectivity index (χ0n) is 11.6. The van der Waals surface area contributed by atoms with Gasteiger partial charge >= 0.3 is 0 Å². The monoisotopic (exact) mass is 289 g/mol. The van der Waals surface area contributed by atoms with Crippen LogP contribution in [-0.4, -0.2) is 16.7 Å². The van der Waals surface area contributed by atoms with E-state index in [-0.39, 0.29) is 0 Å². The SMILES string of the molecule is CCNCc1ccc(SCc2nc(C3CC3)no2)cc1. The zero-order chi connectivity index (χ0) is 13.8. The molecule has 0 amide bonds. The van der Waals surface area contributed by atoms with Crippen LogP contribution in [0.4, 0.5) is 0 Å². The molecule has 1 aliphatic carbocycles. The average molecular weight is 289 g/mol. The lowest BCUT2D eigenvalue weighted by Gasteiger charge is -2.03. The van der Waals surface area contributed by atoms with Gasteiger partial charge in [-0.05, 0) is 37.1 Å². The highest BCUT2D eigenvalue weighted by atomic mass is 32.2. The maximum Gasteiger partial charge on any atom is 0.237 e. The molecule has 1 aliphatic rings. The summed E-state index contributed by atoms with van der Waals surface area (Å²) in [6.45, 7) is 4.04. The van der Waals surface area contributed by atoms with Crippen molar-refractivity contribution in [1.29, 1.82) is 0 Å². The standard InChI is InChI=1S/C15H19N3OS/c1-2-16-9-11-3-7-13(8-4-11)20-10-14-17-15(18-19-14)12-5-6-12/h3-4,7-8,12,16H,2,5-6,9-10H2,1H3. The number of rotatable bonds is 7. The third kappa shape index (κ3) is 3.61. The van der Waals surface area contributed by atoms with Crippen molar-refractivity contribution in [3.63, 3.8) is 0 Å². The normalized spacial score (nSPS) is 14.7. The number of thioether (sulfide) groups is 1. The van der Waals surface area contributed by atoms with Crippen LogP contribution in [0.5, 0.6) is 0 Å². The van der Waals surface area contributed by atoms with E-state index in [1.54, 1.807) is 11.8 Å². The van der Waals surface area contributed by atoms with E-state index in [2.05, 4.69) is 46.6 Å². The van der Waals surface area contributed by atoms with Crippen LogP contribution in [0.2, 0.25) is 0 Å². The Morgan fingerprint density at radius 2 is 2.10 bits per heavy atom. The Kier molecular flexibility index (Phi) is 4.38. The summed E-state index contributed by atoms with van der Waals surface area (Å²) in [7, 11) is 0. The number of hydrogen-bond donors (Lipinski definition) is 1. The Labute approximate surface area is 123 Å². The summed E-state index contributed by atoms with van der Waals surface area (Å²) in [6, 6.07) is 8.62. The Hall–Kier alpha value is -1.33. The molecule has 0 unspecified atom stereocenters. The molecule has 1 saturated carbocycles. The molecule has 0 atom stereocenters. The van der Waals surface area contributed by atoms with Crippen LogP contribution < -0.4 is 5.32 Å². The van der Waals surface area contributed by atoms with Crippen LogP contribution >= 0.6 is 11.8 Å². The topological polar surface area (TPSA) is 51.0 Å². The van der Waals surface area contributed by atoms with Gasteiger partial charge in [0, 0.05) is 17.4 Å². The Bertz CT molecular complexity index is 549. The minimum Gasteiger partial charge on any atom is -0.338 e. The lowest BCUT2D eigenvalue weighted by atomic mass is 10.2. The van der Waals surface area contributed by atoms with Crippen molar-refractivity contribution < 1.29 is 4.52 Å². The highest BCUT2D eigenvalue weighted by molar-refractivity contribution is 7.98. The fourth-order valence-electron chi connectivity index (χ4n) is 1.95. The van der Waals surface area contributed by atoms with Crippen molar-refractivity contribution in [1.82, 2.24) is 15.5 Å². The highest BCUT2D eigenvalue weighted by Gasteiger charge is 2.28. The largest absolute Gasteiger partial charge is 0.338 e. The quantitative estimate of drug-likeness (QED) is 0.792. The molecular formula is C15H19N3OS. The molecule has 0 aliphatic heterocycles. The van der Waals surface area contributed by atoms with Gasteiger partial charge in [0.25, 0.3) is 0 Å². The van der Waals surface area contributed by atoms with Crippen LogP contribution in [0.3, 0.4) is 0 Å². The fraction of sp³-hybridized carbons (Fsp3) is 0.467. The van der Waals surface area contributed by atoms with E-state index in [0.717, 1.165) is 30.6 Å².